The van der Waals surface area contributed by atoms with E-state index in [1.54, 1.807) is 24.3 Å². The number of carbonyl (C=O) groups excluding carboxylic acids is 1. The van der Waals surface area contributed by atoms with Crippen LogP contribution in [-0.4, -0.2) is 29.3 Å². The number of non-ortho nitro benzene ring substituents is 1. The Morgan fingerprint density at radius 3 is 2.79 bits per heavy atom. The van der Waals surface area contributed by atoms with Crippen LogP contribution in [0.3, 0.4) is 0 Å². The number of phenolic OH excluding ortho intramolecular Hbond substituents is 1. The SMILES string of the molecule is COc1ccccc1C(=O)N/N=C/c1cc([N+](=O)[O-])cc(Br)c1O. The average molecular weight is 394 g/mol. The summed E-state index contributed by atoms with van der Waals surface area (Å²) in [5.41, 5.74) is 2.41. The molecule has 0 heterocycles. The third-order valence-corrected chi connectivity index (χ3v) is 3.61. The van der Waals surface area contributed by atoms with Crippen molar-refractivity contribution in [3.63, 3.8) is 0 Å². The van der Waals surface area contributed by atoms with E-state index in [1.807, 2.05) is 0 Å². The zero-order valence-electron chi connectivity index (χ0n) is 12.4. The number of nitro benzene ring substituents is 1. The molecule has 0 radical (unpaired) electrons. The van der Waals surface area contributed by atoms with Gasteiger partial charge in [-0.05, 0) is 28.1 Å². The van der Waals surface area contributed by atoms with Gasteiger partial charge in [0.15, 0.2) is 0 Å². The maximum Gasteiger partial charge on any atom is 0.275 e. The van der Waals surface area contributed by atoms with E-state index < -0.39 is 10.8 Å². The molecule has 2 N–H and O–H groups in total. The number of phenols is 1. The van der Waals surface area contributed by atoms with Gasteiger partial charge in [-0.1, -0.05) is 12.1 Å². The lowest BCUT2D eigenvalue weighted by atomic mass is 10.2. The Hall–Kier alpha value is -2.94. The summed E-state index contributed by atoms with van der Waals surface area (Å²) in [4.78, 5) is 22.3. The summed E-state index contributed by atoms with van der Waals surface area (Å²) in [5, 5.41) is 24.4. The number of para-hydroxylation sites is 1. The van der Waals surface area contributed by atoms with Gasteiger partial charge in [-0.3, -0.25) is 14.9 Å². The molecule has 0 saturated heterocycles. The number of carbonyl (C=O) groups is 1. The molecule has 2 aromatic rings. The summed E-state index contributed by atoms with van der Waals surface area (Å²) in [6, 6.07) is 8.88. The van der Waals surface area contributed by atoms with Gasteiger partial charge in [0.05, 0.1) is 28.3 Å². The number of methoxy groups -OCH3 is 1. The van der Waals surface area contributed by atoms with Crippen molar-refractivity contribution < 1.29 is 19.6 Å². The standard InChI is InChI=1S/C15H12BrN3O5/c1-24-13-5-3-2-4-11(13)15(21)18-17-8-9-6-10(19(22)23)7-12(16)14(9)20/h2-8,20H,1H3,(H,18,21)/b17-8+. The maximum absolute atomic E-state index is 12.1. The number of hydrogen-bond acceptors (Lipinski definition) is 6. The minimum Gasteiger partial charge on any atom is -0.506 e. The number of hydrazone groups is 1. The Morgan fingerprint density at radius 1 is 1.42 bits per heavy atom. The Kier molecular flexibility index (Phi) is 5.48. The molecular weight excluding hydrogens is 382 g/mol. The first-order valence-corrected chi connectivity index (χ1v) is 7.36. The first-order valence-electron chi connectivity index (χ1n) is 6.57. The van der Waals surface area contributed by atoms with E-state index in [0.717, 1.165) is 12.3 Å². The van der Waals surface area contributed by atoms with Crippen molar-refractivity contribution in [2.45, 2.75) is 0 Å². The lowest BCUT2D eigenvalue weighted by Gasteiger charge is -2.06. The van der Waals surface area contributed by atoms with Crippen molar-refractivity contribution >= 4 is 33.7 Å². The first-order chi connectivity index (χ1) is 11.4. The van der Waals surface area contributed by atoms with Crippen molar-refractivity contribution in [2.24, 2.45) is 5.10 Å². The molecule has 0 aliphatic rings. The fourth-order valence-electron chi connectivity index (χ4n) is 1.86. The van der Waals surface area contributed by atoms with Crippen LogP contribution in [0.4, 0.5) is 5.69 Å². The van der Waals surface area contributed by atoms with E-state index in [2.05, 4.69) is 26.5 Å². The van der Waals surface area contributed by atoms with Crippen LogP contribution in [0.15, 0.2) is 46.0 Å². The van der Waals surface area contributed by atoms with Crippen LogP contribution in [0, 0.1) is 10.1 Å². The summed E-state index contributed by atoms with van der Waals surface area (Å²) < 4.78 is 5.22. The number of halogens is 1. The molecule has 24 heavy (non-hydrogen) atoms. The molecule has 0 spiro atoms. The highest BCUT2D eigenvalue weighted by Crippen LogP contribution is 2.31. The Morgan fingerprint density at radius 2 is 2.12 bits per heavy atom. The number of nitro groups is 1. The third kappa shape index (κ3) is 3.87. The molecule has 0 aromatic heterocycles. The lowest BCUT2D eigenvalue weighted by Crippen LogP contribution is -2.18. The second-order valence-corrected chi connectivity index (χ2v) is 5.38. The summed E-state index contributed by atoms with van der Waals surface area (Å²) in [6.07, 6.45) is 1.11. The number of nitrogens with zero attached hydrogens (tertiary/aromatic N) is 2. The van der Waals surface area contributed by atoms with E-state index in [0.29, 0.717) is 5.75 Å². The lowest BCUT2D eigenvalue weighted by molar-refractivity contribution is -0.385. The van der Waals surface area contributed by atoms with Gasteiger partial charge in [0.25, 0.3) is 11.6 Å². The fourth-order valence-corrected chi connectivity index (χ4v) is 2.33. The van der Waals surface area contributed by atoms with E-state index >= 15 is 0 Å². The van der Waals surface area contributed by atoms with E-state index in [4.69, 9.17) is 4.74 Å². The number of aromatic hydroxyl groups is 1. The minimum absolute atomic E-state index is 0.0800. The number of nitrogens with one attached hydrogen (secondary N) is 1. The highest BCUT2D eigenvalue weighted by molar-refractivity contribution is 9.10. The third-order valence-electron chi connectivity index (χ3n) is 3.01. The van der Waals surface area contributed by atoms with Crippen molar-refractivity contribution in [3.05, 3.63) is 62.1 Å². The van der Waals surface area contributed by atoms with Crippen LogP contribution in [0.2, 0.25) is 0 Å². The quantitative estimate of drug-likeness (QED) is 0.460. The van der Waals surface area contributed by atoms with Gasteiger partial charge in [-0.2, -0.15) is 5.10 Å². The smallest absolute Gasteiger partial charge is 0.275 e. The summed E-state index contributed by atoms with van der Waals surface area (Å²) >= 11 is 3.02. The number of rotatable bonds is 5. The van der Waals surface area contributed by atoms with Crippen molar-refractivity contribution in [1.29, 1.82) is 0 Å². The topological polar surface area (TPSA) is 114 Å². The van der Waals surface area contributed by atoms with Crippen LogP contribution < -0.4 is 10.2 Å². The number of amides is 1. The molecule has 0 atom stereocenters. The molecule has 0 bridgehead atoms. The minimum atomic E-state index is -0.602. The number of benzene rings is 2. The zero-order chi connectivity index (χ0) is 17.7. The predicted molar refractivity (Wildman–Crippen MR) is 90.5 cm³/mol. The molecule has 8 nitrogen and oxygen atoms in total. The molecule has 0 aliphatic carbocycles. The van der Waals surface area contributed by atoms with Gasteiger partial charge in [-0.15, -0.1) is 0 Å². The van der Waals surface area contributed by atoms with Crippen LogP contribution in [-0.2, 0) is 0 Å². The molecule has 0 unspecified atom stereocenters. The molecule has 1 amide bonds. The largest absolute Gasteiger partial charge is 0.506 e. The Balaban J connectivity index is 2.20. The highest BCUT2D eigenvalue weighted by atomic mass is 79.9. The van der Waals surface area contributed by atoms with Crippen LogP contribution in [0.1, 0.15) is 15.9 Å². The van der Waals surface area contributed by atoms with Gasteiger partial charge in [0, 0.05) is 17.7 Å². The Labute approximate surface area is 145 Å². The molecule has 0 aliphatic heterocycles. The summed E-state index contributed by atoms with van der Waals surface area (Å²) in [5.74, 6) is -0.366. The number of ether oxygens (including phenoxy) is 1. The zero-order valence-corrected chi connectivity index (χ0v) is 14.0. The van der Waals surface area contributed by atoms with Gasteiger partial charge in [0.2, 0.25) is 0 Å². The fraction of sp³-hybridized carbons (Fsp3) is 0.0667. The monoisotopic (exact) mass is 393 g/mol. The molecule has 0 saturated carbocycles. The van der Waals surface area contributed by atoms with Crippen molar-refractivity contribution in [2.75, 3.05) is 7.11 Å². The normalized spacial score (nSPS) is 10.6. The van der Waals surface area contributed by atoms with Crippen molar-refractivity contribution in [1.82, 2.24) is 5.43 Å². The average Bonchev–Trinajstić information content (AvgIpc) is 2.58. The van der Waals surface area contributed by atoms with Gasteiger partial charge >= 0.3 is 0 Å². The van der Waals surface area contributed by atoms with E-state index in [-0.39, 0.29) is 27.0 Å². The summed E-state index contributed by atoms with van der Waals surface area (Å²) in [7, 11) is 1.44. The molecule has 0 fully saturated rings. The molecule has 124 valence electrons. The van der Waals surface area contributed by atoms with Crippen LogP contribution >= 0.6 is 15.9 Å². The van der Waals surface area contributed by atoms with E-state index in [9.17, 15) is 20.0 Å². The number of hydrogen-bond donors (Lipinski definition) is 2. The molecule has 9 heteroatoms. The molecular formula is C15H12BrN3O5. The van der Waals surface area contributed by atoms with Crippen LogP contribution in [0.25, 0.3) is 0 Å². The predicted octanol–water partition coefficient (Wildman–Crippen LogP) is 2.84. The van der Waals surface area contributed by atoms with Crippen LogP contribution in [0.5, 0.6) is 11.5 Å². The van der Waals surface area contributed by atoms with Gasteiger partial charge in [-0.25, -0.2) is 5.43 Å². The van der Waals surface area contributed by atoms with Gasteiger partial charge in [0.1, 0.15) is 11.5 Å². The molecule has 2 aromatic carbocycles. The molecule has 2 rings (SSSR count). The Bertz CT molecular complexity index is 823. The summed E-state index contributed by atoms with van der Waals surface area (Å²) in [6.45, 7) is 0. The van der Waals surface area contributed by atoms with Gasteiger partial charge < -0.3 is 9.84 Å². The second-order valence-electron chi connectivity index (χ2n) is 4.52. The van der Waals surface area contributed by atoms with Crippen molar-refractivity contribution in [3.8, 4) is 11.5 Å². The second kappa shape index (κ2) is 7.55. The maximum atomic E-state index is 12.1. The van der Waals surface area contributed by atoms with E-state index in [1.165, 1.54) is 13.2 Å². The first kappa shape index (κ1) is 17.4. The highest BCUT2D eigenvalue weighted by Gasteiger charge is 2.14.